The Labute approximate surface area is 114 Å². The van der Waals surface area contributed by atoms with Gasteiger partial charge in [-0.25, -0.2) is 0 Å². The molecule has 0 spiro atoms. The van der Waals surface area contributed by atoms with Crippen molar-refractivity contribution < 1.29 is 50.4 Å². The molecule has 5 atom stereocenters. The van der Waals surface area contributed by atoms with E-state index in [4.69, 9.17) is 40.9 Å². The van der Waals surface area contributed by atoms with Gasteiger partial charge in [0.15, 0.2) is 12.1 Å². The molecule has 0 rings (SSSR count). The van der Waals surface area contributed by atoms with E-state index in [1.807, 2.05) is 0 Å². The highest BCUT2D eigenvalue weighted by atomic mass is 16.4. The van der Waals surface area contributed by atoms with E-state index in [2.05, 4.69) is 0 Å². The number of ketones is 1. The molecule has 0 aromatic carbocycles. The summed E-state index contributed by atoms with van der Waals surface area (Å²) in [5, 5.41) is 67.7. The van der Waals surface area contributed by atoms with Crippen LogP contribution in [-0.4, -0.2) is 103 Å². The van der Waals surface area contributed by atoms with Gasteiger partial charge in [0.2, 0.25) is 0 Å². The fourth-order valence-electron chi connectivity index (χ4n) is 0.824. The topological polar surface area (TPSA) is 196 Å². The summed E-state index contributed by atoms with van der Waals surface area (Å²) in [6.07, 6.45) is -7.82. The maximum Gasteiger partial charge on any atom is 0.189 e. The van der Waals surface area contributed by atoms with E-state index in [1.165, 1.54) is 0 Å². The summed E-state index contributed by atoms with van der Waals surface area (Å²) in [5.41, 5.74) is 0. The summed E-state index contributed by atoms with van der Waals surface area (Å²) >= 11 is 0. The van der Waals surface area contributed by atoms with E-state index in [0.29, 0.717) is 0 Å². The molecule has 0 heterocycles. The van der Waals surface area contributed by atoms with E-state index in [9.17, 15) is 9.59 Å². The minimum atomic E-state index is -1.69. The highest BCUT2D eigenvalue weighted by Gasteiger charge is 2.23. The molecule has 8 N–H and O–H groups in total. The molecule has 0 fully saturated rings. The standard InChI is InChI=1S/2C5H10O5/c2*6-1-3(8)5(10)4(9)2-7/h3,5-8,10H,1-2H2;1,3-5,7-10H,2H2/t3-,5-;3-,4-,5+/m11/s1. The smallest absolute Gasteiger partial charge is 0.189 e. The number of carbonyl (C=O) groups excluding carboxylic acids is 2. The number of aliphatic hydroxyl groups excluding tert-OH is 8. The first-order valence-electron chi connectivity index (χ1n) is 5.47. The zero-order chi connectivity index (χ0) is 16.3. The van der Waals surface area contributed by atoms with Gasteiger partial charge in [-0.05, 0) is 0 Å². The van der Waals surface area contributed by atoms with Gasteiger partial charge in [0, 0.05) is 0 Å². The molecular weight excluding hydrogens is 280 g/mol. The predicted octanol–water partition coefficient (Wildman–Crippen LogP) is -5.48. The lowest BCUT2D eigenvalue weighted by atomic mass is 10.1. The molecule has 0 aliphatic rings. The minimum absolute atomic E-state index is 0.0869. The van der Waals surface area contributed by atoms with Crippen molar-refractivity contribution in [1.29, 1.82) is 0 Å². The first-order valence-corrected chi connectivity index (χ1v) is 5.47. The van der Waals surface area contributed by atoms with Crippen molar-refractivity contribution >= 4 is 12.1 Å². The zero-order valence-electron chi connectivity index (χ0n) is 10.5. The zero-order valence-corrected chi connectivity index (χ0v) is 10.5. The number of rotatable bonds is 8. The number of aldehydes is 1. The third-order valence-corrected chi connectivity index (χ3v) is 2.11. The van der Waals surface area contributed by atoms with Crippen LogP contribution in [0.15, 0.2) is 0 Å². The molecule has 0 aliphatic carbocycles. The molecule has 20 heavy (non-hydrogen) atoms. The van der Waals surface area contributed by atoms with Gasteiger partial charge in [0.1, 0.15) is 37.1 Å². The van der Waals surface area contributed by atoms with E-state index in [0.717, 1.165) is 0 Å². The lowest BCUT2D eigenvalue weighted by molar-refractivity contribution is -0.137. The Morgan fingerprint density at radius 2 is 1.35 bits per heavy atom. The average molecular weight is 300 g/mol. The second kappa shape index (κ2) is 11.8. The molecule has 120 valence electrons. The molecular formula is C10H20O10. The van der Waals surface area contributed by atoms with Crippen molar-refractivity contribution in [3.05, 3.63) is 0 Å². The first kappa shape index (κ1) is 21.3. The molecule has 10 heteroatoms. The second-order valence-corrected chi connectivity index (χ2v) is 3.69. The van der Waals surface area contributed by atoms with Crippen LogP contribution in [0, 0.1) is 0 Å². The van der Waals surface area contributed by atoms with Crippen LogP contribution in [0.25, 0.3) is 0 Å². The lowest BCUT2D eigenvalue weighted by Crippen LogP contribution is -2.40. The third-order valence-electron chi connectivity index (χ3n) is 2.11. The largest absolute Gasteiger partial charge is 0.394 e. The summed E-state index contributed by atoms with van der Waals surface area (Å²) < 4.78 is 0. The fraction of sp³-hybridized carbons (Fsp3) is 0.800. The monoisotopic (exact) mass is 300 g/mol. The maximum absolute atomic E-state index is 10.3. The van der Waals surface area contributed by atoms with E-state index in [-0.39, 0.29) is 6.29 Å². The molecule has 0 amide bonds. The number of Topliss-reactive ketones (excluding diaryl/α,β-unsaturated/α-hetero) is 1. The highest BCUT2D eigenvalue weighted by Crippen LogP contribution is 1.96. The lowest BCUT2D eigenvalue weighted by Gasteiger charge is -2.16. The number of hydrogen-bond donors (Lipinski definition) is 8. The van der Waals surface area contributed by atoms with Gasteiger partial charge in [0.25, 0.3) is 0 Å². The predicted molar refractivity (Wildman–Crippen MR) is 62.4 cm³/mol. The van der Waals surface area contributed by atoms with Crippen molar-refractivity contribution in [2.75, 3.05) is 19.8 Å². The number of hydrogen-bond acceptors (Lipinski definition) is 10. The summed E-state index contributed by atoms with van der Waals surface area (Å²) in [7, 11) is 0. The van der Waals surface area contributed by atoms with Crippen molar-refractivity contribution in [2.45, 2.75) is 30.5 Å². The van der Waals surface area contributed by atoms with Crippen molar-refractivity contribution in [1.82, 2.24) is 0 Å². The fourth-order valence-corrected chi connectivity index (χ4v) is 0.824. The number of aliphatic hydroxyl groups is 8. The van der Waals surface area contributed by atoms with Gasteiger partial charge in [-0.3, -0.25) is 4.79 Å². The molecule has 0 saturated heterocycles. The second-order valence-electron chi connectivity index (χ2n) is 3.69. The SMILES string of the molecule is O=C(CO)[C@H](O)[C@H](O)CO.O=C[C@@H](O)[C@H](O)[C@H](O)CO. The van der Waals surface area contributed by atoms with E-state index < -0.39 is 56.1 Å². The molecule has 0 aliphatic heterocycles. The van der Waals surface area contributed by atoms with Gasteiger partial charge in [-0.2, -0.15) is 0 Å². The Balaban J connectivity index is 0. The van der Waals surface area contributed by atoms with E-state index in [1.54, 1.807) is 0 Å². The number of carbonyl (C=O) groups is 2. The molecule has 0 unspecified atom stereocenters. The van der Waals surface area contributed by atoms with Crippen molar-refractivity contribution in [3.63, 3.8) is 0 Å². The van der Waals surface area contributed by atoms with Crippen LogP contribution in [0.3, 0.4) is 0 Å². The Kier molecular flexibility index (Phi) is 12.6. The van der Waals surface area contributed by atoms with Crippen LogP contribution in [0.1, 0.15) is 0 Å². The van der Waals surface area contributed by atoms with E-state index >= 15 is 0 Å². The van der Waals surface area contributed by atoms with Gasteiger partial charge in [-0.1, -0.05) is 0 Å². The van der Waals surface area contributed by atoms with Gasteiger partial charge < -0.3 is 45.6 Å². The maximum atomic E-state index is 10.3. The summed E-state index contributed by atoms with van der Waals surface area (Å²) in [6, 6.07) is 0. The van der Waals surface area contributed by atoms with Crippen LogP contribution in [0.4, 0.5) is 0 Å². The van der Waals surface area contributed by atoms with Crippen LogP contribution in [-0.2, 0) is 9.59 Å². The molecule has 10 nitrogen and oxygen atoms in total. The Morgan fingerprint density at radius 1 is 0.900 bits per heavy atom. The van der Waals surface area contributed by atoms with Crippen molar-refractivity contribution in [2.24, 2.45) is 0 Å². The third kappa shape index (κ3) is 8.24. The summed E-state index contributed by atoms with van der Waals surface area (Å²) in [5.74, 6) is -0.901. The molecule has 0 aromatic heterocycles. The highest BCUT2D eigenvalue weighted by molar-refractivity contribution is 5.84. The molecule has 0 aromatic rings. The quantitative estimate of drug-likeness (QED) is 0.200. The average Bonchev–Trinajstić information content (AvgIpc) is 2.50. The van der Waals surface area contributed by atoms with Gasteiger partial charge in [-0.15, -0.1) is 0 Å². The first-order chi connectivity index (χ1) is 9.26. The van der Waals surface area contributed by atoms with Crippen LogP contribution < -0.4 is 0 Å². The summed E-state index contributed by atoms with van der Waals surface area (Å²) in [6.45, 7) is -2.23. The van der Waals surface area contributed by atoms with Crippen LogP contribution in [0.5, 0.6) is 0 Å². The Morgan fingerprint density at radius 3 is 1.65 bits per heavy atom. The molecule has 0 saturated carbocycles. The van der Waals surface area contributed by atoms with Crippen molar-refractivity contribution in [3.8, 4) is 0 Å². The molecule has 0 radical (unpaired) electrons. The molecule has 0 bridgehead atoms. The summed E-state index contributed by atoms with van der Waals surface area (Å²) in [4.78, 5) is 20.1. The normalized spacial score (nSPS) is 18.0. The van der Waals surface area contributed by atoms with Crippen LogP contribution in [0.2, 0.25) is 0 Å². The Hall–Kier alpha value is -0.980. The minimum Gasteiger partial charge on any atom is -0.394 e. The van der Waals surface area contributed by atoms with Gasteiger partial charge in [0.05, 0.1) is 13.2 Å². The van der Waals surface area contributed by atoms with Gasteiger partial charge >= 0.3 is 0 Å². The Bertz CT molecular complexity index is 271. The van der Waals surface area contributed by atoms with Crippen LogP contribution >= 0.6 is 0 Å².